The van der Waals surface area contributed by atoms with Crippen molar-refractivity contribution in [2.75, 3.05) is 0 Å². The van der Waals surface area contributed by atoms with Gasteiger partial charge in [0.15, 0.2) is 0 Å². The maximum atomic E-state index is 3.71. The molecule has 0 radical (unpaired) electrons. The van der Waals surface area contributed by atoms with E-state index >= 15 is 0 Å². The minimum Gasteiger partial charge on any atom is -0.304 e. The summed E-state index contributed by atoms with van der Waals surface area (Å²) in [5.41, 5.74) is 6.92. The topological polar surface area (TPSA) is 12.0 Å². The van der Waals surface area contributed by atoms with Gasteiger partial charge in [-0.3, -0.25) is 0 Å². The van der Waals surface area contributed by atoms with Gasteiger partial charge in [-0.1, -0.05) is 17.7 Å². The van der Waals surface area contributed by atoms with Crippen LogP contribution in [0.3, 0.4) is 0 Å². The van der Waals surface area contributed by atoms with E-state index in [1.165, 1.54) is 27.8 Å². The van der Waals surface area contributed by atoms with Crippen LogP contribution >= 0.6 is 11.3 Å². The third-order valence-electron chi connectivity index (χ3n) is 3.71. The first kappa shape index (κ1) is 14.3. The summed E-state index contributed by atoms with van der Waals surface area (Å²) in [5, 5.41) is 8.07. The van der Waals surface area contributed by atoms with Crippen molar-refractivity contribution < 1.29 is 0 Å². The molecule has 1 aromatic heterocycles. The third-order valence-corrected chi connectivity index (χ3v) is 4.42. The predicted octanol–water partition coefficient (Wildman–Crippen LogP) is 5.09. The van der Waals surface area contributed by atoms with E-state index in [1.807, 2.05) is 0 Å². The van der Waals surface area contributed by atoms with Gasteiger partial charge in [0.05, 0.1) is 0 Å². The molecule has 2 atom stereocenters. The Morgan fingerprint density at radius 3 is 2.16 bits per heavy atom. The average Bonchev–Trinajstić information content (AvgIpc) is 2.80. The Hall–Kier alpha value is -1.12. The van der Waals surface area contributed by atoms with E-state index in [1.54, 1.807) is 11.3 Å². The molecule has 0 fully saturated rings. The van der Waals surface area contributed by atoms with E-state index in [2.05, 4.69) is 68.9 Å². The summed E-state index contributed by atoms with van der Waals surface area (Å²) in [4.78, 5) is 0. The number of aryl methyl sites for hydroxylation is 3. The SMILES string of the molecule is Cc1cc(C)c(C(C)NC(C)c2ccsc2)c(C)c1. The van der Waals surface area contributed by atoms with Gasteiger partial charge in [0.1, 0.15) is 0 Å². The van der Waals surface area contributed by atoms with Gasteiger partial charge in [-0.05, 0) is 73.7 Å². The zero-order chi connectivity index (χ0) is 14.0. The first-order valence-electron chi connectivity index (χ1n) is 6.85. The Morgan fingerprint density at radius 2 is 1.63 bits per heavy atom. The molecule has 2 rings (SSSR count). The zero-order valence-electron chi connectivity index (χ0n) is 12.4. The minimum atomic E-state index is 0.371. The smallest absolute Gasteiger partial charge is 0.0305 e. The fourth-order valence-corrected chi connectivity index (χ4v) is 3.70. The van der Waals surface area contributed by atoms with E-state index in [9.17, 15) is 0 Å². The Labute approximate surface area is 120 Å². The van der Waals surface area contributed by atoms with Crippen molar-refractivity contribution in [3.8, 4) is 0 Å². The van der Waals surface area contributed by atoms with Crippen LogP contribution in [0.2, 0.25) is 0 Å². The van der Waals surface area contributed by atoms with Gasteiger partial charge < -0.3 is 5.32 Å². The highest BCUT2D eigenvalue weighted by atomic mass is 32.1. The molecule has 0 saturated heterocycles. The Morgan fingerprint density at radius 1 is 1.00 bits per heavy atom. The molecule has 1 aromatic carbocycles. The molecule has 2 heteroatoms. The zero-order valence-corrected chi connectivity index (χ0v) is 13.3. The van der Waals surface area contributed by atoms with Crippen LogP contribution in [-0.4, -0.2) is 0 Å². The molecule has 1 N–H and O–H groups in total. The van der Waals surface area contributed by atoms with Gasteiger partial charge in [-0.15, -0.1) is 0 Å². The molecule has 0 aliphatic heterocycles. The van der Waals surface area contributed by atoms with Gasteiger partial charge >= 0.3 is 0 Å². The monoisotopic (exact) mass is 273 g/mol. The van der Waals surface area contributed by atoms with Crippen molar-refractivity contribution in [3.05, 3.63) is 56.8 Å². The second-order valence-corrected chi connectivity index (χ2v) is 6.26. The number of hydrogen-bond acceptors (Lipinski definition) is 2. The molecule has 0 spiro atoms. The molecule has 2 unspecified atom stereocenters. The van der Waals surface area contributed by atoms with Crippen LogP contribution < -0.4 is 5.32 Å². The molecule has 0 amide bonds. The first-order valence-corrected chi connectivity index (χ1v) is 7.79. The van der Waals surface area contributed by atoms with Gasteiger partial charge in [0.2, 0.25) is 0 Å². The van der Waals surface area contributed by atoms with Crippen LogP contribution in [0.25, 0.3) is 0 Å². The molecule has 0 saturated carbocycles. The van der Waals surface area contributed by atoms with Crippen LogP contribution in [0.4, 0.5) is 0 Å². The van der Waals surface area contributed by atoms with E-state index in [-0.39, 0.29) is 0 Å². The summed E-state index contributed by atoms with van der Waals surface area (Å²) in [6.45, 7) is 11.1. The standard InChI is InChI=1S/C17H23NS/c1-11-8-12(2)17(13(3)9-11)15(5)18-14(4)16-6-7-19-10-16/h6-10,14-15,18H,1-5H3. The van der Waals surface area contributed by atoms with Crippen molar-refractivity contribution in [3.63, 3.8) is 0 Å². The second kappa shape index (κ2) is 5.89. The van der Waals surface area contributed by atoms with Gasteiger partial charge in [-0.25, -0.2) is 0 Å². The maximum Gasteiger partial charge on any atom is 0.0305 e. The van der Waals surface area contributed by atoms with Crippen LogP contribution in [0.1, 0.15) is 53.7 Å². The summed E-state index contributed by atoms with van der Waals surface area (Å²) in [7, 11) is 0. The number of benzene rings is 1. The Kier molecular flexibility index (Phi) is 4.43. The largest absolute Gasteiger partial charge is 0.304 e. The molecular weight excluding hydrogens is 250 g/mol. The van der Waals surface area contributed by atoms with E-state index in [4.69, 9.17) is 0 Å². The second-order valence-electron chi connectivity index (χ2n) is 5.48. The molecule has 0 bridgehead atoms. The quantitative estimate of drug-likeness (QED) is 0.818. The minimum absolute atomic E-state index is 0.371. The van der Waals surface area contributed by atoms with E-state index in [0.717, 1.165) is 0 Å². The lowest BCUT2D eigenvalue weighted by atomic mass is 9.94. The summed E-state index contributed by atoms with van der Waals surface area (Å²) in [5.74, 6) is 0. The average molecular weight is 273 g/mol. The first-order chi connectivity index (χ1) is 8.99. The molecule has 102 valence electrons. The molecule has 19 heavy (non-hydrogen) atoms. The highest BCUT2D eigenvalue weighted by Gasteiger charge is 2.15. The molecule has 1 heterocycles. The highest BCUT2D eigenvalue weighted by molar-refractivity contribution is 7.07. The van der Waals surface area contributed by atoms with Crippen molar-refractivity contribution >= 4 is 11.3 Å². The van der Waals surface area contributed by atoms with Crippen molar-refractivity contribution in [1.29, 1.82) is 0 Å². The summed E-state index contributed by atoms with van der Waals surface area (Å²) >= 11 is 1.76. The number of thiophene rings is 1. The van der Waals surface area contributed by atoms with Gasteiger partial charge in [0, 0.05) is 12.1 Å². The number of nitrogens with one attached hydrogen (secondary N) is 1. The van der Waals surface area contributed by atoms with Crippen LogP contribution in [0.5, 0.6) is 0 Å². The molecule has 0 aliphatic carbocycles. The van der Waals surface area contributed by atoms with Gasteiger partial charge in [0.25, 0.3) is 0 Å². The lowest BCUT2D eigenvalue weighted by molar-refractivity contribution is 0.492. The lowest BCUT2D eigenvalue weighted by Crippen LogP contribution is -2.23. The number of rotatable bonds is 4. The van der Waals surface area contributed by atoms with Crippen LogP contribution in [0, 0.1) is 20.8 Å². The predicted molar refractivity (Wildman–Crippen MR) is 84.9 cm³/mol. The fourth-order valence-electron chi connectivity index (χ4n) is 2.95. The Bertz CT molecular complexity index is 519. The maximum absolute atomic E-state index is 3.71. The summed E-state index contributed by atoms with van der Waals surface area (Å²) in [6.07, 6.45) is 0. The summed E-state index contributed by atoms with van der Waals surface area (Å²) in [6, 6.07) is 7.51. The van der Waals surface area contributed by atoms with Crippen LogP contribution in [-0.2, 0) is 0 Å². The van der Waals surface area contributed by atoms with E-state index in [0.29, 0.717) is 12.1 Å². The molecule has 0 aliphatic rings. The lowest BCUT2D eigenvalue weighted by Gasteiger charge is -2.23. The van der Waals surface area contributed by atoms with Gasteiger partial charge in [-0.2, -0.15) is 11.3 Å². The van der Waals surface area contributed by atoms with Crippen LogP contribution in [0.15, 0.2) is 29.0 Å². The third kappa shape index (κ3) is 3.26. The fraction of sp³-hybridized carbons (Fsp3) is 0.412. The molecular formula is C17H23NS. The molecule has 1 nitrogen and oxygen atoms in total. The summed E-state index contributed by atoms with van der Waals surface area (Å²) < 4.78 is 0. The normalized spacial score (nSPS) is 14.4. The Balaban J connectivity index is 2.18. The van der Waals surface area contributed by atoms with Crippen molar-refractivity contribution in [2.24, 2.45) is 0 Å². The van der Waals surface area contributed by atoms with Crippen molar-refractivity contribution in [1.82, 2.24) is 5.32 Å². The van der Waals surface area contributed by atoms with Crippen molar-refractivity contribution in [2.45, 2.75) is 46.7 Å². The molecule has 2 aromatic rings. The number of hydrogen-bond donors (Lipinski definition) is 1. The van der Waals surface area contributed by atoms with E-state index < -0.39 is 0 Å². The highest BCUT2D eigenvalue weighted by Crippen LogP contribution is 2.26.